The Morgan fingerprint density at radius 2 is 2.29 bits per heavy atom. The number of β-amino-alcohol motifs (C(OH)–C–C–N with tert-alkyl or cyclic N) is 1. The summed E-state index contributed by atoms with van der Waals surface area (Å²) in [5.41, 5.74) is -4.05. The van der Waals surface area contributed by atoms with Crippen LogP contribution in [0.5, 0.6) is 0 Å². The zero-order chi connectivity index (χ0) is 28.7. The Balaban J connectivity index is 1.72. The van der Waals surface area contributed by atoms with Gasteiger partial charge in [0.25, 0.3) is 5.91 Å². The molecule has 0 bridgehead atoms. The highest BCUT2D eigenvalue weighted by atomic mass is 19.1. The predicted octanol–water partition coefficient (Wildman–Crippen LogP) is 2.15. The van der Waals surface area contributed by atoms with E-state index in [9.17, 15) is 19.6 Å². The number of nitrogens with zero attached hydrogens (tertiary/aromatic N) is 5. The summed E-state index contributed by atoms with van der Waals surface area (Å²) in [5.74, 6) is -2.06. The van der Waals surface area contributed by atoms with Gasteiger partial charge in [-0.05, 0) is 31.5 Å². The monoisotopic (exact) mass is 426 g/mol. The van der Waals surface area contributed by atoms with Crippen molar-refractivity contribution in [2.24, 2.45) is 0 Å². The van der Waals surface area contributed by atoms with Gasteiger partial charge in [-0.2, -0.15) is 10.4 Å². The van der Waals surface area contributed by atoms with Crippen LogP contribution >= 0.6 is 0 Å². The molecule has 0 aliphatic carbocycles. The Morgan fingerprint density at radius 3 is 3.06 bits per heavy atom. The Hall–Kier alpha value is -3.77. The lowest BCUT2D eigenvalue weighted by atomic mass is 10.0. The highest BCUT2D eigenvalue weighted by molar-refractivity contribution is 6.01. The summed E-state index contributed by atoms with van der Waals surface area (Å²) >= 11 is 0. The number of anilines is 1. The van der Waals surface area contributed by atoms with Crippen molar-refractivity contribution in [2.75, 3.05) is 17.9 Å². The number of amides is 1. The van der Waals surface area contributed by atoms with E-state index in [4.69, 9.17) is 11.0 Å². The molecule has 8 nitrogen and oxygen atoms in total. The van der Waals surface area contributed by atoms with E-state index in [1.165, 1.54) is 30.5 Å². The molecular formula is C22H19FN6O2. The molecule has 0 spiro atoms. The molecule has 1 atom stereocenters. The van der Waals surface area contributed by atoms with Gasteiger partial charge in [-0.3, -0.25) is 4.79 Å². The molecule has 5 rings (SSSR count). The van der Waals surface area contributed by atoms with Gasteiger partial charge in [-0.25, -0.2) is 14.1 Å². The van der Waals surface area contributed by atoms with Gasteiger partial charge < -0.3 is 15.3 Å². The van der Waals surface area contributed by atoms with Crippen molar-refractivity contribution in [1.29, 1.82) is 5.26 Å². The van der Waals surface area contributed by atoms with Crippen LogP contribution in [0.15, 0.2) is 36.5 Å². The molecule has 2 aliphatic heterocycles. The van der Waals surface area contributed by atoms with Gasteiger partial charge in [0, 0.05) is 30.7 Å². The lowest BCUT2D eigenvalue weighted by Crippen LogP contribution is -2.29. The SMILES string of the molecule is [2H]C([2H])C1(O)CC([2H])([2H])N(c2ccn(-c3cc(-c4c(F)cccc4C#N)nc4c3C(=O)NC4([2H])[2H])n2)C1([2H])[2H]. The molecule has 0 radical (unpaired) electrons. The van der Waals surface area contributed by atoms with Crippen LogP contribution in [0, 0.1) is 17.1 Å². The minimum absolute atomic E-state index is 0.106. The summed E-state index contributed by atoms with van der Waals surface area (Å²) in [5, 5.41) is 26.5. The number of halogens is 1. The zero-order valence-corrected chi connectivity index (χ0v) is 15.7. The van der Waals surface area contributed by atoms with Crippen LogP contribution < -0.4 is 10.2 Å². The summed E-state index contributed by atoms with van der Waals surface area (Å²) in [6.45, 7) is -10.1. The van der Waals surface area contributed by atoms with E-state index >= 15 is 0 Å². The number of carbonyl (C=O) groups is 1. The second-order valence-electron chi connectivity index (χ2n) is 6.93. The van der Waals surface area contributed by atoms with Crippen LogP contribution in [-0.4, -0.2) is 44.4 Å². The third-order valence-electron chi connectivity index (χ3n) is 4.77. The van der Waals surface area contributed by atoms with E-state index in [0.717, 1.165) is 10.7 Å². The molecule has 1 fully saturated rings. The summed E-state index contributed by atoms with van der Waals surface area (Å²) < 4.78 is 80.9. The molecule has 0 saturated carbocycles. The summed E-state index contributed by atoms with van der Waals surface area (Å²) in [6, 6.07) is 7.94. The van der Waals surface area contributed by atoms with Crippen LogP contribution in [0.3, 0.4) is 0 Å². The molecule has 2 aliphatic rings. The van der Waals surface area contributed by atoms with Crippen molar-refractivity contribution in [3.8, 4) is 23.0 Å². The molecule has 2 N–H and O–H groups in total. The fraction of sp³-hybridized carbons (Fsp3) is 0.273. The van der Waals surface area contributed by atoms with Gasteiger partial charge in [0.15, 0.2) is 5.82 Å². The van der Waals surface area contributed by atoms with E-state index in [0.29, 0.717) is 4.90 Å². The summed E-state index contributed by atoms with van der Waals surface area (Å²) in [4.78, 5) is 17.4. The van der Waals surface area contributed by atoms with Gasteiger partial charge in [0.05, 0.1) is 57.4 Å². The number of nitrogens with one attached hydrogen (secondary N) is 1. The molecule has 2 aromatic heterocycles. The average molecular weight is 426 g/mol. The smallest absolute Gasteiger partial charge is 0.255 e. The quantitative estimate of drug-likeness (QED) is 0.665. The van der Waals surface area contributed by atoms with Crippen LogP contribution in [-0.2, 0) is 6.50 Å². The van der Waals surface area contributed by atoms with Crippen LogP contribution in [0.25, 0.3) is 16.9 Å². The molecule has 156 valence electrons. The minimum atomic E-state index is -2.95. The fourth-order valence-corrected chi connectivity index (χ4v) is 3.39. The van der Waals surface area contributed by atoms with Crippen molar-refractivity contribution in [3.05, 3.63) is 59.2 Å². The number of pyridine rings is 1. The number of aromatic nitrogens is 3. The normalized spacial score (nSPS) is 28.7. The summed E-state index contributed by atoms with van der Waals surface area (Å²) in [6.07, 6.45) is 0.310. The molecule has 1 saturated heterocycles. The van der Waals surface area contributed by atoms with E-state index in [-0.39, 0.29) is 33.9 Å². The molecule has 3 aromatic rings. The number of aliphatic hydroxyl groups is 1. The van der Waals surface area contributed by atoms with Crippen molar-refractivity contribution < 1.29 is 25.3 Å². The second-order valence-corrected chi connectivity index (χ2v) is 6.93. The largest absolute Gasteiger partial charge is 0.388 e. The highest BCUT2D eigenvalue weighted by Gasteiger charge is 2.33. The van der Waals surface area contributed by atoms with Gasteiger partial charge in [0.2, 0.25) is 0 Å². The first kappa shape index (κ1) is 12.2. The number of fused-ring (bicyclic) bond motifs is 1. The van der Waals surface area contributed by atoms with Gasteiger partial charge in [-0.1, -0.05) is 6.07 Å². The number of rotatable bonds is 3. The molecule has 9 heteroatoms. The number of carbonyl (C=O) groups excluding carboxylic acids is 1. The molecular weight excluding hydrogens is 399 g/mol. The Labute approximate surface area is 188 Å². The first-order valence-electron chi connectivity index (χ1n) is 13.2. The maximum Gasteiger partial charge on any atom is 0.255 e. The number of hydrogen-bond acceptors (Lipinski definition) is 6. The van der Waals surface area contributed by atoms with Crippen LogP contribution in [0.4, 0.5) is 10.2 Å². The third kappa shape index (κ3) is 3.21. The standard InChI is InChI=1S/C22H19FN6O2/c1-22(31)6-8-28(12-22)18-5-7-29(27-18)17-9-15(26-16-11-25-21(30)20(16)17)19-13(10-24)3-2-4-14(19)23/h2-5,7,9,31H,6,8,11-12H2,1H3,(H,25,30)/i1D2,8D2,11D2,12D2. The number of nitriles is 1. The predicted molar refractivity (Wildman–Crippen MR) is 110 cm³/mol. The Kier molecular flexibility index (Phi) is 2.71. The molecule has 1 aromatic carbocycles. The molecule has 4 heterocycles. The van der Waals surface area contributed by atoms with Gasteiger partial charge >= 0.3 is 0 Å². The Morgan fingerprint density at radius 1 is 1.42 bits per heavy atom. The number of benzene rings is 1. The van der Waals surface area contributed by atoms with Crippen molar-refractivity contribution >= 4 is 11.7 Å². The lowest BCUT2D eigenvalue weighted by Gasteiger charge is -2.18. The first-order chi connectivity index (χ1) is 18.0. The van der Waals surface area contributed by atoms with E-state index in [2.05, 4.69) is 15.4 Å². The van der Waals surface area contributed by atoms with Crippen molar-refractivity contribution in [1.82, 2.24) is 20.1 Å². The summed E-state index contributed by atoms with van der Waals surface area (Å²) in [7, 11) is 0. The second kappa shape index (κ2) is 6.89. The maximum absolute atomic E-state index is 14.9. The highest BCUT2D eigenvalue weighted by Crippen LogP contribution is 2.32. The first-order valence-corrected chi connectivity index (χ1v) is 9.05. The molecule has 31 heavy (non-hydrogen) atoms. The van der Waals surface area contributed by atoms with Crippen molar-refractivity contribution in [3.63, 3.8) is 0 Å². The van der Waals surface area contributed by atoms with Gasteiger partial charge in [-0.15, -0.1) is 0 Å². The van der Waals surface area contributed by atoms with Crippen molar-refractivity contribution in [2.45, 2.75) is 25.4 Å². The fourth-order valence-electron chi connectivity index (χ4n) is 3.39. The average Bonchev–Trinajstić information content (AvgIpc) is 3.43. The molecule has 1 amide bonds. The number of hydrogen-bond donors (Lipinski definition) is 2. The molecule has 1 unspecified atom stereocenters. The van der Waals surface area contributed by atoms with E-state index in [1.54, 1.807) is 0 Å². The lowest BCUT2D eigenvalue weighted by molar-refractivity contribution is 0.0838. The minimum Gasteiger partial charge on any atom is -0.388 e. The third-order valence-corrected chi connectivity index (χ3v) is 4.77. The van der Waals surface area contributed by atoms with Gasteiger partial charge in [0.1, 0.15) is 5.82 Å². The zero-order valence-electron chi connectivity index (χ0n) is 23.7. The van der Waals surface area contributed by atoms with Crippen LogP contribution in [0.2, 0.25) is 0 Å². The topological polar surface area (TPSA) is 107 Å². The van der Waals surface area contributed by atoms with Crippen LogP contribution in [0.1, 0.15) is 45.9 Å². The van der Waals surface area contributed by atoms with E-state index < -0.39 is 55.8 Å². The maximum atomic E-state index is 14.9. The Bertz CT molecular complexity index is 1570. The van der Waals surface area contributed by atoms with E-state index in [1.807, 2.05) is 6.07 Å².